The Kier molecular flexibility index (Phi) is 3.59. The fraction of sp³-hybridized carbons (Fsp3) is 0.154. The summed E-state index contributed by atoms with van der Waals surface area (Å²) in [5.41, 5.74) is 5.78. The van der Waals surface area contributed by atoms with Gasteiger partial charge in [0.25, 0.3) is 0 Å². The fourth-order valence-electron chi connectivity index (χ4n) is 1.41. The topological polar surface area (TPSA) is 48.1 Å². The van der Waals surface area contributed by atoms with Crippen molar-refractivity contribution in [1.29, 1.82) is 0 Å². The molecule has 3 nitrogen and oxygen atoms in total. The molecule has 1 aromatic heterocycles. The monoisotopic (exact) mass is 268 g/mol. The first-order chi connectivity index (χ1) is 8.95. The molecule has 100 valence electrons. The van der Waals surface area contributed by atoms with Crippen LogP contribution in [0.25, 0.3) is 0 Å². The maximum atomic E-state index is 12.3. The predicted molar refractivity (Wildman–Crippen MR) is 64.4 cm³/mol. The number of halogens is 3. The number of anilines is 1. The van der Waals surface area contributed by atoms with E-state index in [4.69, 9.17) is 10.5 Å². The minimum Gasteiger partial charge on any atom is -0.489 e. The average Bonchev–Trinajstić information content (AvgIpc) is 2.37. The summed E-state index contributed by atoms with van der Waals surface area (Å²) in [7, 11) is 0. The summed E-state index contributed by atoms with van der Waals surface area (Å²) in [4.78, 5) is 3.35. The lowest BCUT2D eigenvalue weighted by atomic mass is 10.2. The molecule has 1 aromatic carbocycles. The van der Waals surface area contributed by atoms with Gasteiger partial charge in [-0.05, 0) is 30.3 Å². The van der Waals surface area contributed by atoms with E-state index in [1.165, 1.54) is 6.07 Å². The third kappa shape index (κ3) is 3.61. The van der Waals surface area contributed by atoms with Gasteiger partial charge >= 0.3 is 6.18 Å². The van der Waals surface area contributed by atoms with Crippen LogP contribution in [-0.4, -0.2) is 4.98 Å². The van der Waals surface area contributed by atoms with Crippen LogP contribution in [-0.2, 0) is 12.8 Å². The van der Waals surface area contributed by atoms with Crippen LogP contribution in [0.3, 0.4) is 0 Å². The second-order valence-electron chi connectivity index (χ2n) is 3.91. The number of ether oxygens (including phenoxy) is 1. The second kappa shape index (κ2) is 5.17. The number of rotatable bonds is 3. The highest BCUT2D eigenvalue weighted by Crippen LogP contribution is 2.27. The molecule has 0 amide bonds. The molecule has 0 bridgehead atoms. The number of nitrogens with zero attached hydrogens (tertiary/aromatic N) is 1. The van der Waals surface area contributed by atoms with Gasteiger partial charge in [0.2, 0.25) is 0 Å². The van der Waals surface area contributed by atoms with Gasteiger partial charge in [-0.15, -0.1) is 0 Å². The van der Waals surface area contributed by atoms with Gasteiger partial charge in [0.1, 0.15) is 18.1 Å². The largest absolute Gasteiger partial charge is 0.489 e. The molecule has 1 heterocycles. The molecular formula is C13H11F3N2O. The molecule has 0 aliphatic rings. The normalized spacial score (nSPS) is 11.3. The maximum absolute atomic E-state index is 12.3. The van der Waals surface area contributed by atoms with Crippen molar-refractivity contribution < 1.29 is 17.9 Å². The van der Waals surface area contributed by atoms with Crippen molar-refractivity contribution in [2.24, 2.45) is 0 Å². The van der Waals surface area contributed by atoms with Crippen LogP contribution in [0.2, 0.25) is 0 Å². The summed E-state index contributed by atoms with van der Waals surface area (Å²) >= 11 is 0. The highest BCUT2D eigenvalue weighted by molar-refractivity contribution is 5.41. The van der Waals surface area contributed by atoms with Crippen molar-refractivity contribution >= 4 is 5.69 Å². The van der Waals surface area contributed by atoms with Gasteiger partial charge in [0.15, 0.2) is 0 Å². The molecule has 0 spiro atoms. The maximum Gasteiger partial charge on any atom is 0.433 e. The number of nitrogen functional groups attached to an aromatic ring is 1. The number of benzene rings is 1. The molecule has 2 N–H and O–H groups in total. The molecule has 2 rings (SSSR count). The Morgan fingerprint density at radius 3 is 2.26 bits per heavy atom. The summed E-state index contributed by atoms with van der Waals surface area (Å²) in [5.74, 6) is 0.592. The Balaban J connectivity index is 1.98. The van der Waals surface area contributed by atoms with Gasteiger partial charge in [-0.2, -0.15) is 13.2 Å². The number of alkyl halides is 3. The van der Waals surface area contributed by atoms with Gasteiger partial charge in [-0.25, -0.2) is 0 Å². The van der Waals surface area contributed by atoms with Crippen LogP contribution in [0, 0.1) is 0 Å². The van der Waals surface area contributed by atoms with Crippen molar-refractivity contribution in [3.63, 3.8) is 0 Å². The third-order valence-electron chi connectivity index (χ3n) is 2.40. The molecule has 6 heteroatoms. The number of hydrogen-bond acceptors (Lipinski definition) is 3. The molecule has 2 aromatic rings. The fourth-order valence-corrected chi connectivity index (χ4v) is 1.41. The molecule has 0 fully saturated rings. The average molecular weight is 268 g/mol. The zero-order valence-electron chi connectivity index (χ0n) is 9.82. The molecule has 0 saturated carbocycles. The Morgan fingerprint density at radius 1 is 1.05 bits per heavy atom. The van der Waals surface area contributed by atoms with Crippen molar-refractivity contribution in [2.75, 3.05) is 5.73 Å². The van der Waals surface area contributed by atoms with Crippen LogP contribution >= 0.6 is 0 Å². The van der Waals surface area contributed by atoms with E-state index < -0.39 is 11.9 Å². The van der Waals surface area contributed by atoms with E-state index in [0.717, 1.165) is 12.3 Å². The van der Waals surface area contributed by atoms with Crippen LogP contribution in [0.15, 0.2) is 42.6 Å². The van der Waals surface area contributed by atoms with E-state index in [1.807, 2.05) is 0 Å². The molecule has 19 heavy (non-hydrogen) atoms. The quantitative estimate of drug-likeness (QED) is 0.869. The minimum absolute atomic E-state index is 0.148. The first-order valence-corrected chi connectivity index (χ1v) is 5.45. The number of aromatic nitrogens is 1. The molecule has 0 aliphatic heterocycles. The van der Waals surface area contributed by atoms with Crippen LogP contribution in [0.1, 0.15) is 11.3 Å². The minimum atomic E-state index is -4.42. The van der Waals surface area contributed by atoms with Gasteiger partial charge in [-0.1, -0.05) is 6.07 Å². The lowest BCUT2D eigenvalue weighted by Crippen LogP contribution is -2.08. The Bertz CT molecular complexity index is 535. The van der Waals surface area contributed by atoms with Crippen molar-refractivity contribution in [3.05, 3.63) is 53.9 Å². The van der Waals surface area contributed by atoms with Crippen LogP contribution in [0.4, 0.5) is 18.9 Å². The summed E-state index contributed by atoms with van der Waals surface area (Å²) in [5, 5.41) is 0. The lowest BCUT2D eigenvalue weighted by molar-refractivity contribution is -0.141. The third-order valence-corrected chi connectivity index (χ3v) is 2.40. The van der Waals surface area contributed by atoms with E-state index in [-0.39, 0.29) is 6.61 Å². The van der Waals surface area contributed by atoms with Gasteiger partial charge in [-0.3, -0.25) is 4.98 Å². The Hall–Kier alpha value is -2.24. The molecule has 0 unspecified atom stereocenters. The second-order valence-corrected chi connectivity index (χ2v) is 3.91. The first kappa shape index (κ1) is 13.2. The zero-order chi connectivity index (χ0) is 13.9. The Labute approximate surface area is 107 Å². The predicted octanol–water partition coefficient (Wildman–Crippen LogP) is 3.26. The summed E-state index contributed by atoms with van der Waals surface area (Å²) < 4.78 is 42.3. The summed E-state index contributed by atoms with van der Waals surface area (Å²) in [6.07, 6.45) is -3.27. The van der Waals surface area contributed by atoms with Crippen molar-refractivity contribution in [3.8, 4) is 5.75 Å². The van der Waals surface area contributed by atoms with E-state index in [1.54, 1.807) is 24.3 Å². The van der Waals surface area contributed by atoms with Crippen LogP contribution < -0.4 is 10.5 Å². The van der Waals surface area contributed by atoms with Gasteiger partial charge in [0.05, 0.1) is 0 Å². The van der Waals surface area contributed by atoms with Crippen molar-refractivity contribution in [1.82, 2.24) is 4.98 Å². The first-order valence-electron chi connectivity index (χ1n) is 5.45. The standard InChI is InChI=1S/C13H11F3N2O/c14-13(15,16)12-6-1-9(7-18-12)8-19-11-4-2-10(17)3-5-11/h1-7H,8,17H2. The summed E-state index contributed by atoms with van der Waals surface area (Å²) in [6, 6.07) is 9.01. The molecule has 0 atom stereocenters. The number of pyridine rings is 1. The number of hydrogen-bond donors (Lipinski definition) is 1. The number of nitrogens with two attached hydrogens (primary N) is 1. The smallest absolute Gasteiger partial charge is 0.433 e. The SMILES string of the molecule is Nc1ccc(OCc2ccc(C(F)(F)F)nc2)cc1. The van der Waals surface area contributed by atoms with E-state index >= 15 is 0 Å². The molecule has 0 radical (unpaired) electrons. The van der Waals surface area contributed by atoms with Crippen molar-refractivity contribution in [2.45, 2.75) is 12.8 Å². The van der Waals surface area contributed by atoms with Crippen LogP contribution in [0.5, 0.6) is 5.75 Å². The zero-order valence-corrected chi connectivity index (χ0v) is 9.82. The summed E-state index contributed by atoms with van der Waals surface area (Å²) in [6.45, 7) is 0.148. The molecule has 0 saturated heterocycles. The Morgan fingerprint density at radius 2 is 1.74 bits per heavy atom. The van der Waals surface area contributed by atoms with Gasteiger partial charge in [0, 0.05) is 17.4 Å². The highest BCUT2D eigenvalue weighted by atomic mass is 19.4. The highest BCUT2D eigenvalue weighted by Gasteiger charge is 2.31. The molecule has 0 aliphatic carbocycles. The van der Waals surface area contributed by atoms with E-state index in [9.17, 15) is 13.2 Å². The van der Waals surface area contributed by atoms with E-state index in [2.05, 4.69) is 4.98 Å². The van der Waals surface area contributed by atoms with E-state index in [0.29, 0.717) is 17.0 Å². The van der Waals surface area contributed by atoms with Gasteiger partial charge < -0.3 is 10.5 Å². The molecular weight excluding hydrogens is 257 g/mol. The lowest BCUT2D eigenvalue weighted by Gasteiger charge is -2.08.